The quantitative estimate of drug-likeness (QED) is 0.829. The standard InChI is InChI=1S/C14H20N2/c1-11(8-15-14-6-7-14)16-9-12-4-2-3-5-13(12)10-16/h2-5,11,14-15H,6-10H2,1H3. The summed E-state index contributed by atoms with van der Waals surface area (Å²) in [7, 11) is 0. The Hall–Kier alpha value is -0.860. The molecule has 16 heavy (non-hydrogen) atoms. The molecule has 2 nitrogen and oxygen atoms in total. The minimum absolute atomic E-state index is 0.646. The Balaban J connectivity index is 1.57. The summed E-state index contributed by atoms with van der Waals surface area (Å²) in [4.78, 5) is 2.57. The third-order valence-corrected chi connectivity index (χ3v) is 3.77. The highest BCUT2D eigenvalue weighted by atomic mass is 15.2. The van der Waals surface area contributed by atoms with Gasteiger partial charge in [-0.3, -0.25) is 4.90 Å². The molecule has 86 valence electrons. The fourth-order valence-corrected chi connectivity index (χ4v) is 2.42. The molecule has 1 heterocycles. The first kappa shape index (κ1) is 10.3. The van der Waals surface area contributed by atoms with E-state index < -0.39 is 0 Å². The molecule has 0 bridgehead atoms. The van der Waals surface area contributed by atoms with Crippen molar-refractivity contribution in [2.24, 2.45) is 0 Å². The number of hydrogen-bond acceptors (Lipinski definition) is 2. The first-order chi connectivity index (χ1) is 7.83. The van der Waals surface area contributed by atoms with E-state index >= 15 is 0 Å². The van der Waals surface area contributed by atoms with Crippen LogP contribution in [0.2, 0.25) is 0 Å². The zero-order chi connectivity index (χ0) is 11.0. The number of fused-ring (bicyclic) bond motifs is 1. The van der Waals surface area contributed by atoms with Gasteiger partial charge in [0.05, 0.1) is 0 Å². The van der Waals surface area contributed by atoms with Crippen molar-refractivity contribution in [3.8, 4) is 0 Å². The van der Waals surface area contributed by atoms with Crippen molar-refractivity contribution in [1.82, 2.24) is 10.2 Å². The van der Waals surface area contributed by atoms with E-state index in [2.05, 4.69) is 41.4 Å². The van der Waals surface area contributed by atoms with E-state index in [1.54, 1.807) is 0 Å². The van der Waals surface area contributed by atoms with Crippen LogP contribution in [0, 0.1) is 0 Å². The number of hydrogen-bond donors (Lipinski definition) is 1. The van der Waals surface area contributed by atoms with Crippen LogP contribution >= 0.6 is 0 Å². The van der Waals surface area contributed by atoms with E-state index in [0.29, 0.717) is 6.04 Å². The van der Waals surface area contributed by atoms with Crippen molar-refractivity contribution in [3.05, 3.63) is 35.4 Å². The van der Waals surface area contributed by atoms with Crippen molar-refractivity contribution in [2.45, 2.75) is 44.9 Å². The maximum atomic E-state index is 3.62. The summed E-state index contributed by atoms with van der Waals surface area (Å²) >= 11 is 0. The van der Waals surface area contributed by atoms with Crippen LogP contribution in [-0.4, -0.2) is 23.5 Å². The Labute approximate surface area is 97.6 Å². The third kappa shape index (κ3) is 2.13. The second-order valence-corrected chi connectivity index (χ2v) is 5.21. The zero-order valence-corrected chi connectivity index (χ0v) is 9.95. The van der Waals surface area contributed by atoms with Crippen molar-refractivity contribution < 1.29 is 0 Å². The Morgan fingerprint density at radius 2 is 1.88 bits per heavy atom. The van der Waals surface area contributed by atoms with Gasteiger partial charge in [-0.25, -0.2) is 0 Å². The lowest BCUT2D eigenvalue weighted by Crippen LogP contribution is -2.37. The molecular formula is C14H20N2. The van der Waals surface area contributed by atoms with Gasteiger partial charge in [-0.05, 0) is 30.9 Å². The number of nitrogens with one attached hydrogen (secondary N) is 1. The van der Waals surface area contributed by atoms with Crippen LogP contribution < -0.4 is 5.32 Å². The van der Waals surface area contributed by atoms with E-state index in [0.717, 1.165) is 25.7 Å². The minimum atomic E-state index is 0.646. The number of nitrogens with zero attached hydrogens (tertiary/aromatic N) is 1. The molecule has 0 radical (unpaired) electrons. The van der Waals surface area contributed by atoms with Crippen LogP contribution in [-0.2, 0) is 13.1 Å². The lowest BCUT2D eigenvalue weighted by molar-refractivity contribution is 0.207. The normalized spacial score (nSPS) is 22.1. The summed E-state index contributed by atoms with van der Waals surface area (Å²) in [5.41, 5.74) is 3.03. The van der Waals surface area contributed by atoms with Crippen LogP contribution in [0.25, 0.3) is 0 Å². The Kier molecular flexibility index (Phi) is 2.70. The van der Waals surface area contributed by atoms with E-state index in [1.807, 2.05) is 0 Å². The molecule has 2 heteroatoms. The molecule has 1 aromatic carbocycles. The average Bonchev–Trinajstić information content (AvgIpc) is 3.02. The Morgan fingerprint density at radius 3 is 2.44 bits per heavy atom. The van der Waals surface area contributed by atoms with E-state index in [-0.39, 0.29) is 0 Å². The van der Waals surface area contributed by atoms with Gasteiger partial charge < -0.3 is 5.32 Å². The first-order valence-electron chi connectivity index (χ1n) is 6.37. The summed E-state index contributed by atoms with van der Waals surface area (Å²) in [5, 5.41) is 3.62. The fraction of sp³-hybridized carbons (Fsp3) is 0.571. The zero-order valence-electron chi connectivity index (χ0n) is 9.95. The largest absolute Gasteiger partial charge is 0.312 e. The van der Waals surface area contributed by atoms with Gasteiger partial charge in [0, 0.05) is 31.7 Å². The van der Waals surface area contributed by atoms with Gasteiger partial charge in [0.1, 0.15) is 0 Å². The lowest BCUT2D eigenvalue weighted by Gasteiger charge is -2.24. The average molecular weight is 216 g/mol. The molecule has 3 rings (SSSR count). The third-order valence-electron chi connectivity index (χ3n) is 3.77. The molecule has 1 atom stereocenters. The van der Waals surface area contributed by atoms with Gasteiger partial charge in [-0.2, -0.15) is 0 Å². The summed E-state index contributed by atoms with van der Waals surface area (Å²) in [6.07, 6.45) is 2.76. The van der Waals surface area contributed by atoms with Crippen molar-refractivity contribution in [2.75, 3.05) is 6.54 Å². The highest BCUT2D eigenvalue weighted by Crippen LogP contribution is 2.24. The lowest BCUT2D eigenvalue weighted by atomic mass is 10.1. The van der Waals surface area contributed by atoms with Gasteiger partial charge in [-0.1, -0.05) is 24.3 Å². The predicted octanol–water partition coefficient (Wildman–Crippen LogP) is 2.14. The molecule has 0 spiro atoms. The van der Waals surface area contributed by atoms with Gasteiger partial charge in [0.2, 0.25) is 0 Å². The van der Waals surface area contributed by atoms with Crippen LogP contribution in [0.4, 0.5) is 0 Å². The summed E-state index contributed by atoms with van der Waals surface area (Å²) < 4.78 is 0. The van der Waals surface area contributed by atoms with E-state index in [4.69, 9.17) is 0 Å². The molecule has 1 saturated carbocycles. The maximum Gasteiger partial charge on any atom is 0.0243 e. The Morgan fingerprint density at radius 1 is 1.25 bits per heavy atom. The summed E-state index contributed by atoms with van der Waals surface area (Å²) in [5.74, 6) is 0. The maximum absolute atomic E-state index is 3.62. The fourth-order valence-electron chi connectivity index (χ4n) is 2.42. The molecule has 0 amide bonds. The molecule has 0 aromatic heterocycles. The Bertz CT molecular complexity index is 346. The van der Waals surface area contributed by atoms with Gasteiger partial charge in [0.15, 0.2) is 0 Å². The number of benzene rings is 1. The topological polar surface area (TPSA) is 15.3 Å². The molecule has 1 aliphatic carbocycles. The summed E-state index contributed by atoms with van der Waals surface area (Å²) in [6.45, 7) is 5.73. The van der Waals surface area contributed by atoms with E-state index in [1.165, 1.54) is 24.0 Å². The predicted molar refractivity (Wildman–Crippen MR) is 66.2 cm³/mol. The molecular weight excluding hydrogens is 196 g/mol. The molecule has 1 aliphatic heterocycles. The second kappa shape index (κ2) is 4.19. The number of rotatable bonds is 4. The van der Waals surface area contributed by atoms with Crippen LogP contribution in [0.5, 0.6) is 0 Å². The molecule has 1 aromatic rings. The molecule has 0 saturated heterocycles. The smallest absolute Gasteiger partial charge is 0.0243 e. The first-order valence-corrected chi connectivity index (χ1v) is 6.37. The minimum Gasteiger partial charge on any atom is -0.312 e. The van der Waals surface area contributed by atoms with Crippen molar-refractivity contribution in [1.29, 1.82) is 0 Å². The monoisotopic (exact) mass is 216 g/mol. The second-order valence-electron chi connectivity index (χ2n) is 5.21. The van der Waals surface area contributed by atoms with Crippen molar-refractivity contribution >= 4 is 0 Å². The van der Waals surface area contributed by atoms with Crippen LogP contribution in [0.15, 0.2) is 24.3 Å². The highest BCUT2D eigenvalue weighted by Gasteiger charge is 2.25. The van der Waals surface area contributed by atoms with Gasteiger partial charge in [0.25, 0.3) is 0 Å². The molecule has 1 N–H and O–H groups in total. The molecule has 1 unspecified atom stereocenters. The van der Waals surface area contributed by atoms with Crippen LogP contribution in [0.3, 0.4) is 0 Å². The van der Waals surface area contributed by atoms with Crippen molar-refractivity contribution in [3.63, 3.8) is 0 Å². The summed E-state index contributed by atoms with van der Waals surface area (Å²) in [6, 6.07) is 10.3. The van der Waals surface area contributed by atoms with E-state index in [9.17, 15) is 0 Å². The SMILES string of the molecule is CC(CNC1CC1)N1Cc2ccccc2C1. The highest BCUT2D eigenvalue weighted by molar-refractivity contribution is 5.30. The van der Waals surface area contributed by atoms with Gasteiger partial charge >= 0.3 is 0 Å². The van der Waals surface area contributed by atoms with Gasteiger partial charge in [-0.15, -0.1) is 0 Å². The molecule has 1 fully saturated rings. The molecule has 2 aliphatic rings. The van der Waals surface area contributed by atoms with Crippen LogP contribution in [0.1, 0.15) is 30.9 Å².